The number of hydrogen-bond donors (Lipinski definition) is 0. The van der Waals surface area contributed by atoms with E-state index in [1.807, 2.05) is 12.2 Å². The normalized spacial score (nSPS) is 47.4. The molecule has 0 radical (unpaired) electrons. The Hall–Kier alpha value is -0.960. The Bertz CT molecular complexity index is 358. The highest BCUT2D eigenvalue weighted by Gasteiger charge is 2.66. The van der Waals surface area contributed by atoms with Gasteiger partial charge in [0.2, 0.25) is 5.78 Å². The zero-order chi connectivity index (χ0) is 9.92. The van der Waals surface area contributed by atoms with Crippen LogP contribution in [0.25, 0.3) is 0 Å². The van der Waals surface area contributed by atoms with E-state index >= 15 is 0 Å². The molecule has 0 aromatic carbocycles. The van der Waals surface area contributed by atoms with Crippen molar-refractivity contribution in [3.8, 4) is 0 Å². The van der Waals surface area contributed by atoms with E-state index in [1.54, 1.807) is 0 Å². The standard InChI is InChI=1S/C11H12O3/c1-6(12)10(13)11-5-4-7(11)8-2-3-9(11)14-8/h2-3,7-9H,4-5H2,1H3/t7-,8-,9+,11+/m0/s1. The molecule has 2 heterocycles. The maximum absolute atomic E-state index is 11.9. The first-order valence-electron chi connectivity index (χ1n) is 5.05. The van der Waals surface area contributed by atoms with Gasteiger partial charge in [-0.05, 0) is 12.8 Å². The maximum atomic E-state index is 11.9. The second-order valence-electron chi connectivity index (χ2n) is 4.48. The second kappa shape index (κ2) is 2.34. The first-order chi connectivity index (χ1) is 6.66. The van der Waals surface area contributed by atoms with E-state index in [0.29, 0.717) is 0 Å². The van der Waals surface area contributed by atoms with Crippen LogP contribution in [-0.2, 0) is 14.3 Å². The molecule has 0 unspecified atom stereocenters. The number of hydrogen-bond acceptors (Lipinski definition) is 3. The van der Waals surface area contributed by atoms with E-state index in [-0.39, 0.29) is 29.7 Å². The molecule has 0 amide bonds. The van der Waals surface area contributed by atoms with Gasteiger partial charge in [-0.2, -0.15) is 0 Å². The Kier molecular flexibility index (Phi) is 1.40. The molecule has 3 heteroatoms. The van der Waals surface area contributed by atoms with Gasteiger partial charge in [-0.15, -0.1) is 0 Å². The van der Waals surface area contributed by atoms with Gasteiger partial charge in [-0.25, -0.2) is 0 Å². The predicted octanol–water partition coefficient (Wildman–Crippen LogP) is 0.878. The van der Waals surface area contributed by atoms with Gasteiger partial charge in [0.15, 0.2) is 5.78 Å². The van der Waals surface area contributed by atoms with E-state index in [0.717, 1.165) is 12.8 Å². The smallest absolute Gasteiger partial charge is 0.207 e. The van der Waals surface area contributed by atoms with Gasteiger partial charge in [0, 0.05) is 12.8 Å². The minimum atomic E-state index is -0.467. The fourth-order valence-corrected chi connectivity index (χ4v) is 3.16. The van der Waals surface area contributed by atoms with Crippen LogP contribution >= 0.6 is 0 Å². The minimum Gasteiger partial charge on any atom is -0.365 e. The lowest BCUT2D eigenvalue weighted by atomic mass is 9.53. The maximum Gasteiger partial charge on any atom is 0.207 e. The van der Waals surface area contributed by atoms with Crippen LogP contribution in [0.2, 0.25) is 0 Å². The Morgan fingerprint density at radius 3 is 2.71 bits per heavy atom. The lowest BCUT2D eigenvalue weighted by Gasteiger charge is -2.46. The average Bonchev–Trinajstić information content (AvgIpc) is 2.58. The Labute approximate surface area is 82.1 Å². The molecule has 0 aromatic heterocycles. The number of carbonyl (C=O) groups excluding carboxylic acids is 2. The third-order valence-electron chi connectivity index (χ3n) is 3.96. The van der Waals surface area contributed by atoms with Crippen LogP contribution in [0.15, 0.2) is 12.2 Å². The fraction of sp³-hybridized carbons (Fsp3) is 0.636. The zero-order valence-corrected chi connectivity index (χ0v) is 8.03. The number of ketones is 2. The fourth-order valence-electron chi connectivity index (χ4n) is 3.16. The van der Waals surface area contributed by atoms with Crippen molar-refractivity contribution in [1.29, 1.82) is 0 Å². The lowest BCUT2D eigenvalue weighted by Crippen LogP contribution is -2.54. The number of carbonyl (C=O) groups is 2. The van der Waals surface area contributed by atoms with E-state index in [9.17, 15) is 9.59 Å². The molecule has 74 valence electrons. The van der Waals surface area contributed by atoms with Crippen LogP contribution in [0.1, 0.15) is 19.8 Å². The molecule has 4 atom stereocenters. The van der Waals surface area contributed by atoms with Crippen molar-refractivity contribution in [2.75, 3.05) is 0 Å². The Balaban J connectivity index is 2.02. The van der Waals surface area contributed by atoms with Crippen molar-refractivity contribution < 1.29 is 14.3 Å². The second-order valence-corrected chi connectivity index (χ2v) is 4.48. The van der Waals surface area contributed by atoms with Crippen molar-refractivity contribution in [2.45, 2.75) is 32.0 Å². The first-order valence-corrected chi connectivity index (χ1v) is 5.05. The molecule has 0 aromatic rings. The third kappa shape index (κ3) is 0.694. The van der Waals surface area contributed by atoms with Crippen LogP contribution < -0.4 is 0 Å². The predicted molar refractivity (Wildman–Crippen MR) is 48.6 cm³/mol. The lowest BCUT2D eigenvalue weighted by molar-refractivity contribution is -0.149. The molecule has 2 bridgehead atoms. The molecule has 0 spiro atoms. The molecular weight excluding hydrogens is 180 g/mol. The molecule has 2 fully saturated rings. The molecular formula is C11H12O3. The van der Waals surface area contributed by atoms with Gasteiger partial charge in [-0.3, -0.25) is 9.59 Å². The van der Waals surface area contributed by atoms with E-state index < -0.39 is 5.41 Å². The Morgan fingerprint density at radius 1 is 1.43 bits per heavy atom. The SMILES string of the molecule is CC(=O)C(=O)[C@]12CC[C@H]1[C@@H]1C=C[C@H]2O1. The van der Waals surface area contributed by atoms with Crippen molar-refractivity contribution in [3.05, 3.63) is 12.2 Å². The quantitative estimate of drug-likeness (QED) is 0.482. The van der Waals surface area contributed by atoms with Crippen LogP contribution in [0.5, 0.6) is 0 Å². The molecule has 1 saturated carbocycles. The van der Waals surface area contributed by atoms with Gasteiger partial charge in [-0.1, -0.05) is 12.2 Å². The molecule has 1 aliphatic carbocycles. The van der Waals surface area contributed by atoms with Crippen LogP contribution in [0.3, 0.4) is 0 Å². The van der Waals surface area contributed by atoms with E-state index in [4.69, 9.17) is 4.74 Å². The monoisotopic (exact) mass is 192 g/mol. The van der Waals surface area contributed by atoms with Gasteiger partial charge in [0.25, 0.3) is 0 Å². The summed E-state index contributed by atoms with van der Waals surface area (Å²) in [5.41, 5.74) is -0.467. The largest absolute Gasteiger partial charge is 0.365 e. The van der Waals surface area contributed by atoms with E-state index in [2.05, 4.69) is 0 Å². The molecule has 1 saturated heterocycles. The van der Waals surface area contributed by atoms with Gasteiger partial charge in [0.05, 0.1) is 17.6 Å². The molecule has 3 aliphatic rings. The van der Waals surface area contributed by atoms with Gasteiger partial charge < -0.3 is 4.74 Å². The summed E-state index contributed by atoms with van der Waals surface area (Å²) in [5.74, 6) is -0.265. The number of rotatable bonds is 2. The number of fused-ring (bicyclic) bond motifs is 5. The molecule has 2 aliphatic heterocycles. The first kappa shape index (κ1) is 8.36. The number of ether oxygens (including phenoxy) is 1. The molecule has 3 nitrogen and oxygen atoms in total. The summed E-state index contributed by atoms with van der Waals surface area (Å²) < 4.78 is 5.65. The van der Waals surface area contributed by atoms with Gasteiger partial charge in [0.1, 0.15) is 0 Å². The van der Waals surface area contributed by atoms with Crippen molar-refractivity contribution in [1.82, 2.24) is 0 Å². The summed E-state index contributed by atoms with van der Waals surface area (Å²) in [5, 5.41) is 0. The van der Waals surface area contributed by atoms with Crippen molar-refractivity contribution in [3.63, 3.8) is 0 Å². The zero-order valence-electron chi connectivity index (χ0n) is 8.03. The summed E-state index contributed by atoms with van der Waals surface area (Å²) >= 11 is 0. The summed E-state index contributed by atoms with van der Waals surface area (Å²) in [4.78, 5) is 23.0. The van der Waals surface area contributed by atoms with Crippen LogP contribution in [0.4, 0.5) is 0 Å². The summed E-state index contributed by atoms with van der Waals surface area (Å²) in [6.07, 6.45) is 5.78. The third-order valence-corrected chi connectivity index (χ3v) is 3.96. The Morgan fingerprint density at radius 2 is 2.21 bits per heavy atom. The summed E-state index contributed by atoms with van der Waals surface area (Å²) in [7, 11) is 0. The number of Topliss-reactive ketones (excluding diaryl/α,β-unsaturated/α-hetero) is 2. The van der Waals surface area contributed by atoms with Crippen LogP contribution in [-0.4, -0.2) is 23.8 Å². The van der Waals surface area contributed by atoms with Crippen molar-refractivity contribution >= 4 is 11.6 Å². The highest BCUT2D eigenvalue weighted by molar-refractivity contribution is 6.38. The summed E-state index contributed by atoms with van der Waals surface area (Å²) in [6.45, 7) is 1.36. The van der Waals surface area contributed by atoms with Crippen molar-refractivity contribution in [2.24, 2.45) is 11.3 Å². The molecule has 14 heavy (non-hydrogen) atoms. The topological polar surface area (TPSA) is 43.4 Å². The highest BCUT2D eigenvalue weighted by Crippen LogP contribution is 2.61. The minimum absolute atomic E-state index is 0.0945. The van der Waals surface area contributed by atoms with E-state index in [1.165, 1.54) is 6.92 Å². The molecule has 0 N–H and O–H groups in total. The molecule has 3 rings (SSSR count). The van der Waals surface area contributed by atoms with Gasteiger partial charge >= 0.3 is 0 Å². The average molecular weight is 192 g/mol. The van der Waals surface area contributed by atoms with Crippen LogP contribution in [0, 0.1) is 11.3 Å². The summed E-state index contributed by atoms with van der Waals surface area (Å²) in [6, 6.07) is 0. The highest BCUT2D eigenvalue weighted by atomic mass is 16.5.